The van der Waals surface area contributed by atoms with Gasteiger partial charge < -0.3 is 9.94 Å². The van der Waals surface area contributed by atoms with Crippen LogP contribution in [0, 0.1) is 22.2 Å². The molecule has 0 saturated carbocycles. The number of hydrogen-bond donors (Lipinski definition) is 0. The minimum Gasteiger partial charge on any atom is -0.617 e. The predicted molar refractivity (Wildman–Crippen MR) is 68.1 cm³/mol. The largest absolute Gasteiger partial charge is 0.617 e. The van der Waals surface area contributed by atoms with Crippen LogP contribution in [0.3, 0.4) is 0 Å². The molecule has 1 aromatic carbocycles. The van der Waals surface area contributed by atoms with Crippen molar-refractivity contribution in [3.05, 3.63) is 38.0 Å². The first-order valence-corrected chi connectivity index (χ1v) is 6.25. The summed E-state index contributed by atoms with van der Waals surface area (Å²) in [6.45, 7) is 3.40. The van der Waals surface area contributed by atoms with Gasteiger partial charge in [-0.3, -0.25) is 10.1 Å². The monoisotopic (exact) mass is 282 g/mol. The Bertz CT molecular complexity index is 679. The van der Waals surface area contributed by atoms with Crippen LogP contribution < -0.4 is 4.73 Å². The molecule has 0 unspecified atom stereocenters. The van der Waals surface area contributed by atoms with E-state index in [2.05, 4.69) is 0 Å². The van der Waals surface area contributed by atoms with Gasteiger partial charge in [0, 0.05) is 12.1 Å². The van der Waals surface area contributed by atoms with E-state index in [-0.39, 0.29) is 27.5 Å². The average Bonchev–Trinajstić information content (AvgIpc) is 2.66. The summed E-state index contributed by atoms with van der Waals surface area (Å²) in [5.74, 6) is -0.773. The maximum atomic E-state index is 12.0. The Labute approximate surface area is 111 Å². The van der Waals surface area contributed by atoms with Crippen molar-refractivity contribution in [1.82, 2.24) is 0 Å². The first-order chi connectivity index (χ1) is 8.95. The number of aromatic nitrogens is 1. The maximum absolute atomic E-state index is 12.0. The summed E-state index contributed by atoms with van der Waals surface area (Å²) in [5.41, 5.74) is 0.511. The molecule has 0 spiro atoms. The van der Waals surface area contributed by atoms with E-state index in [1.165, 1.54) is 12.1 Å². The second-order valence-corrected chi connectivity index (χ2v) is 4.81. The number of hydrogen-bond acceptors (Lipinski definition) is 6. The van der Waals surface area contributed by atoms with Crippen molar-refractivity contribution in [2.24, 2.45) is 0 Å². The van der Waals surface area contributed by atoms with Crippen molar-refractivity contribution < 1.29 is 19.2 Å². The number of fused-ring (bicyclic) bond motifs is 1. The quantitative estimate of drug-likeness (QED) is 0.282. The molecule has 1 heterocycles. The maximum Gasteiger partial charge on any atom is 0.416 e. The third-order valence-corrected chi connectivity index (χ3v) is 3.59. The van der Waals surface area contributed by atoms with E-state index < -0.39 is 10.9 Å². The van der Waals surface area contributed by atoms with Crippen molar-refractivity contribution in [2.45, 2.75) is 13.8 Å². The number of aryl methyl sites for hydroxylation is 1. The number of nitro groups is 1. The van der Waals surface area contributed by atoms with Gasteiger partial charge in [0.25, 0.3) is 5.69 Å². The van der Waals surface area contributed by atoms with Crippen LogP contribution in [0.15, 0.2) is 12.1 Å². The van der Waals surface area contributed by atoms with Gasteiger partial charge in [-0.05, 0) is 30.7 Å². The van der Waals surface area contributed by atoms with Gasteiger partial charge in [-0.25, -0.2) is 4.79 Å². The number of nitro benzene ring substituents is 1. The molecule has 0 fully saturated rings. The summed E-state index contributed by atoms with van der Waals surface area (Å²) in [4.78, 5) is 22.0. The van der Waals surface area contributed by atoms with Crippen LogP contribution in [0.5, 0.6) is 0 Å². The first kappa shape index (κ1) is 13.2. The number of non-ortho nitro benzene ring substituents is 1. The normalized spacial score (nSPS) is 10.6. The van der Waals surface area contributed by atoms with Crippen molar-refractivity contribution in [2.75, 3.05) is 6.61 Å². The van der Waals surface area contributed by atoms with Crippen LogP contribution in [0.2, 0.25) is 0 Å². The fourth-order valence-electron chi connectivity index (χ4n) is 1.69. The predicted octanol–water partition coefficient (Wildman–Crippen LogP) is 1.93. The number of ether oxygens (including phenoxy) is 1. The molecule has 100 valence electrons. The van der Waals surface area contributed by atoms with Crippen LogP contribution in [-0.2, 0) is 4.74 Å². The smallest absolute Gasteiger partial charge is 0.416 e. The standard InChI is InChI=1S/C11H10N2O5S/c1-3-18-11(14)10-12(15)7-4-6(2)5-8(13(16)17)9(7)19-10/h4-5H,3H2,1-2H3. The fourth-order valence-corrected chi connectivity index (χ4v) is 2.69. The molecule has 0 aliphatic heterocycles. The third kappa shape index (κ3) is 2.22. The zero-order valence-corrected chi connectivity index (χ0v) is 11.0. The Morgan fingerprint density at radius 1 is 1.53 bits per heavy atom. The van der Waals surface area contributed by atoms with E-state index in [1.54, 1.807) is 13.8 Å². The molecule has 0 atom stereocenters. The molecule has 0 saturated heterocycles. The van der Waals surface area contributed by atoms with Gasteiger partial charge in [0.05, 0.1) is 11.5 Å². The van der Waals surface area contributed by atoms with E-state index in [1.807, 2.05) is 0 Å². The fraction of sp³-hybridized carbons (Fsp3) is 0.273. The molecule has 0 radical (unpaired) electrons. The highest BCUT2D eigenvalue weighted by Crippen LogP contribution is 2.31. The lowest BCUT2D eigenvalue weighted by Crippen LogP contribution is -2.32. The summed E-state index contributed by atoms with van der Waals surface area (Å²) in [6, 6.07) is 2.88. The van der Waals surface area contributed by atoms with E-state index in [0.717, 1.165) is 11.3 Å². The first-order valence-electron chi connectivity index (χ1n) is 5.44. The highest BCUT2D eigenvalue weighted by Gasteiger charge is 2.29. The minimum absolute atomic E-state index is 0.111. The van der Waals surface area contributed by atoms with Gasteiger partial charge in [0.2, 0.25) is 5.52 Å². The minimum atomic E-state index is -0.773. The number of rotatable bonds is 3. The summed E-state index contributed by atoms with van der Waals surface area (Å²) in [5, 5.41) is 22.7. The number of benzene rings is 1. The second-order valence-electron chi connectivity index (χ2n) is 3.81. The summed E-state index contributed by atoms with van der Waals surface area (Å²) < 4.78 is 5.31. The second kappa shape index (κ2) is 4.81. The topological polar surface area (TPSA) is 96.4 Å². The van der Waals surface area contributed by atoms with Crippen molar-refractivity contribution in [3.8, 4) is 0 Å². The Balaban J connectivity index is 2.72. The van der Waals surface area contributed by atoms with Crippen molar-refractivity contribution in [3.63, 3.8) is 0 Å². The molecule has 2 rings (SSSR count). The summed E-state index contributed by atoms with van der Waals surface area (Å²) >= 11 is 0.770. The van der Waals surface area contributed by atoms with Gasteiger partial charge in [0.15, 0.2) is 4.70 Å². The lowest BCUT2D eigenvalue weighted by Gasteiger charge is -1.98. The van der Waals surface area contributed by atoms with Crippen LogP contribution >= 0.6 is 11.3 Å². The van der Waals surface area contributed by atoms with Gasteiger partial charge in [-0.2, -0.15) is 0 Å². The van der Waals surface area contributed by atoms with Crippen molar-refractivity contribution >= 4 is 33.2 Å². The van der Waals surface area contributed by atoms with E-state index >= 15 is 0 Å². The molecular weight excluding hydrogens is 272 g/mol. The van der Waals surface area contributed by atoms with Crippen LogP contribution in [-0.4, -0.2) is 17.5 Å². The number of esters is 1. The Hall–Kier alpha value is -2.22. The highest BCUT2D eigenvalue weighted by molar-refractivity contribution is 7.20. The van der Waals surface area contributed by atoms with Crippen molar-refractivity contribution in [1.29, 1.82) is 0 Å². The van der Waals surface area contributed by atoms with Crippen LogP contribution in [0.1, 0.15) is 22.3 Å². The Morgan fingerprint density at radius 2 is 2.21 bits per heavy atom. The molecule has 0 aliphatic carbocycles. The zero-order valence-electron chi connectivity index (χ0n) is 10.2. The molecule has 0 N–H and O–H groups in total. The number of thiazole rings is 1. The Kier molecular flexibility index (Phi) is 3.34. The van der Waals surface area contributed by atoms with Crippen LogP contribution in [0.25, 0.3) is 10.2 Å². The van der Waals surface area contributed by atoms with Crippen LogP contribution in [0.4, 0.5) is 5.69 Å². The molecule has 19 heavy (non-hydrogen) atoms. The van der Waals surface area contributed by atoms with Gasteiger partial charge in [-0.15, -0.1) is 4.73 Å². The molecule has 1 aromatic heterocycles. The summed E-state index contributed by atoms with van der Waals surface area (Å²) in [6.07, 6.45) is 0. The highest BCUT2D eigenvalue weighted by atomic mass is 32.1. The number of nitrogens with zero attached hydrogens (tertiary/aromatic N) is 2. The average molecular weight is 282 g/mol. The SMILES string of the molecule is CCOC(=O)c1sc2c([N+](=O)[O-])cc(C)cc2[n+]1[O-]. The number of carbonyl (C=O) groups excluding carboxylic acids is 1. The lowest BCUT2D eigenvalue weighted by atomic mass is 10.2. The molecule has 2 aromatic rings. The lowest BCUT2D eigenvalue weighted by molar-refractivity contribution is -0.575. The zero-order chi connectivity index (χ0) is 14.2. The molecular formula is C11H10N2O5S. The van der Waals surface area contributed by atoms with E-state index in [4.69, 9.17) is 4.74 Å². The number of carbonyl (C=O) groups is 1. The molecule has 7 nitrogen and oxygen atoms in total. The van der Waals surface area contributed by atoms with Gasteiger partial charge in [-0.1, -0.05) is 0 Å². The van der Waals surface area contributed by atoms with E-state index in [9.17, 15) is 20.1 Å². The third-order valence-electron chi connectivity index (χ3n) is 2.44. The Morgan fingerprint density at radius 3 is 2.79 bits per heavy atom. The summed E-state index contributed by atoms with van der Waals surface area (Å²) in [7, 11) is 0. The van der Waals surface area contributed by atoms with Gasteiger partial charge in [0.1, 0.15) is 0 Å². The van der Waals surface area contributed by atoms with E-state index in [0.29, 0.717) is 10.3 Å². The molecule has 8 heteroatoms. The molecule has 0 amide bonds. The molecule has 0 aliphatic rings. The van der Waals surface area contributed by atoms with Gasteiger partial charge >= 0.3 is 11.0 Å². The molecule has 0 bridgehead atoms.